The van der Waals surface area contributed by atoms with E-state index in [1.807, 2.05) is 24.5 Å². The number of carbonyl (C=O) groups excluding carboxylic acids is 2. The maximum atomic E-state index is 12.8. The number of thiophene rings is 2. The van der Waals surface area contributed by atoms with E-state index in [2.05, 4.69) is 20.5 Å². The molecule has 0 radical (unpaired) electrons. The molecule has 162 valence electrons. The summed E-state index contributed by atoms with van der Waals surface area (Å²) in [7, 11) is 0. The van der Waals surface area contributed by atoms with E-state index in [9.17, 15) is 9.59 Å². The molecule has 0 bridgehead atoms. The zero-order chi connectivity index (χ0) is 21.4. The van der Waals surface area contributed by atoms with Crippen molar-refractivity contribution in [2.75, 3.05) is 11.9 Å². The van der Waals surface area contributed by atoms with Gasteiger partial charge >= 0.3 is 6.03 Å². The predicted octanol–water partition coefficient (Wildman–Crippen LogP) is 4.65. The molecule has 1 aliphatic carbocycles. The SMILES string of the molecule is CC(=O)c1c(NC(=O)NCc2c(-n3cccc3)sc3c2CCNC3)sc2c1CCCC2. The summed E-state index contributed by atoms with van der Waals surface area (Å²) < 4.78 is 2.12. The zero-order valence-electron chi connectivity index (χ0n) is 17.5. The first-order valence-corrected chi connectivity index (χ1v) is 12.4. The smallest absolute Gasteiger partial charge is 0.320 e. The highest BCUT2D eigenvalue weighted by molar-refractivity contribution is 7.17. The number of hydrogen-bond donors (Lipinski definition) is 3. The molecule has 0 saturated heterocycles. The van der Waals surface area contributed by atoms with Gasteiger partial charge in [-0.05, 0) is 68.8 Å². The number of anilines is 1. The standard InChI is InChI=1S/C23H26N4O2S2/c1-14(28)20-16-6-2-3-7-18(16)30-21(20)26-23(29)25-12-17-15-8-9-24-13-19(15)31-22(17)27-10-4-5-11-27/h4-5,10-11,24H,2-3,6-9,12-13H2,1H3,(H2,25,26,29). The summed E-state index contributed by atoms with van der Waals surface area (Å²) in [5.41, 5.74) is 4.39. The van der Waals surface area contributed by atoms with Crippen LogP contribution in [0.15, 0.2) is 24.5 Å². The van der Waals surface area contributed by atoms with E-state index in [1.54, 1.807) is 29.6 Å². The van der Waals surface area contributed by atoms with Gasteiger partial charge in [0.1, 0.15) is 10.0 Å². The highest BCUT2D eigenvalue weighted by Crippen LogP contribution is 2.38. The summed E-state index contributed by atoms with van der Waals surface area (Å²) >= 11 is 3.35. The van der Waals surface area contributed by atoms with Crippen molar-refractivity contribution in [1.82, 2.24) is 15.2 Å². The number of aromatic nitrogens is 1. The molecule has 3 N–H and O–H groups in total. The fraction of sp³-hybridized carbons (Fsp3) is 0.391. The molecule has 0 aromatic carbocycles. The summed E-state index contributed by atoms with van der Waals surface area (Å²) in [5.74, 6) is 0.0315. The molecular weight excluding hydrogens is 428 g/mol. The average molecular weight is 455 g/mol. The van der Waals surface area contributed by atoms with E-state index in [-0.39, 0.29) is 11.8 Å². The molecule has 8 heteroatoms. The molecule has 0 saturated carbocycles. The second-order valence-electron chi connectivity index (χ2n) is 8.08. The van der Waals surface area contributed by atoms with Gasteiger partial charge in [-0.25, -0.2) is 4.79 Å². The lowest BCUT2D eigenvalue weighted by molar-refractivity contribution is 0.101. The van der Waals surface area contributed by atoms with Crippen LogP contribution in [0.4, 0.5) is 9.80 Å². The molecule has 3 aromatic rings. The van der Waals surface area contributed by atoms with Crippen LogP contribution in [-0.4, -0.2) is 22.9 Å². The van der Waals surface area contributed by atoms with Gasteiger partial charge in [-0.1, -0.05) is 0 Å². The lowest BCUT2D eigenvalue weighted by Crippen LogP contribution is -2.30. The summed E-state index contributed by atoms with van der Waals surface area (Å²) in [6.45, 7) is 3.89. The first-order valence-electron chi connectivity index (χ1n) is 10.8. The lowest BCUT2D eigenvalue weighted by Gasteiger charge is -2.15. The highest BCUT2D eigenvalue weighted by atomic mass is 32.1. The van der Waals surface area contributed by atoms with Gasteiger partial charge in [0.15, 0.2) is 5.78 Å². The van der Waals surface area contributed by atoms with Gasteiger partial charge in [-0.2, -0.15) is 0 Å². The third-order valence-corrected chi connectivity index (χ3v) is 8.53. The molecule has 0 atom stereocenters. The van der Waals surface area contributed by atoms with Crippen molar-refractivity contribution in [2.24, 2.45) is 0 Å². The number of ketones is 1. The van der Waals surface area contributed by atoms with E-state index in [0.29, 0.717) is 17.1 Å². The number of nitrogens with zero attached hydrogens (tertiary/aromatic N) is 1. The Kier molecular flexibility index (Phi) is 5.69. The van der Waals surface area contributed by atoms with Gasteiger partial charge in [-0.3, -0.25) is 10.1 Å². The van der Waals surface area contributed by atoms with Crippen LogP contribution in [-0.2, 0) is 32.4 Å². The second kappa shape index (κ2) is 8.61. The second-order valence-corrected chi connectivity index (χ2v) is 10.3. The van der Waals surface area contributed by atoms with Crippen molar-refractivity contribution in [3.8, 4) is 5.00 Å². The minimum Gasteiger partial charge on any atom is -0.334 e. The lowest BCUT2D eigenvalue weighted by atomic mass is 9.94. The Balaban J connectivity index is 1.36. The maximum absolute atomic E-state index is 12.8. The summed E-state index contributed by atoms with van der Waals surface area (Å²) in [6.07, 6.45) is 9.25. The van der Waals surface area contributed by atoms with Crippen LogP contribution < -0.4 is 16.0 Å². The molecule has 0 fully saturated rings. The van der Waals surface area contributed by atoms with E-state index in [1.165, 1.54) is 20.9 Å². The van der Waals surface area contributed by atoms with Crippen molar-refractivity contribution in [3.63, 3.8) is 0 Å². The van der Waals surface area contributed by atoms with Gasteiger partial charge in [-0.15, -0.1) is 22.7 Å². The van der Waals surface area contributed by atoms with Crippen LogP contribution in [0.25, 0.3) is 5.00 Å². The van der Waals surface area contributed by atoms with Gasteiger partial charge in [0.2, 0.25) is 0 Å². The monoisotopic (exact) mass is 454 g/mol. The molecule has 1 aliphatic heterocycles. The molecule has 2 aliphatic rings. The topological polar surface area (TPSA) is 75.2 Å². The number of amides is 2. The summed E-state index contributed by atoms with van der Waals surface area (Å²) in [5, 5.41) is 11.3. The van der Waals surface area contributed by atoms with Crippen LogP contribution in [0, 0.1) is 0 Å². The molecule has 6 nitrogen and oxygen atoms in total. The summed E-state index contributed by atoms with van der Waals surface area (Å²) in [4.78, 5) is 27.7. The normalized spacial score (nSPS) is 15.3. The minimum atomic E-state index is -0.256. The average Bonchev–Trinajstić information content (AvgIpc) is 3.48. The van der Waals surface area contributed by atoms with Crippen LogP contribution >= 0.6 is 22.7 Å². The fourth-order valence-corrected chi connectivity index (χ4v) is 7.22. The maximum Gasteiger partial charge on any atom is 0.320 e. The van der Waals surface area contributed by atoms with E-state index >= 15 is 0 Å². The highest BCUT2D eigenvalue weighted by Gasteiger charge is 2.25. The number of carbonyl (C=O) groups is 2. The number of fused-ring (bicyclic) bond motifs is 2. The third kappa shape index (κ3) is 3.95. The molecule has 4 heterocycles. The molecular formula is C23H26N4O2S2. The van der Waals surface area contributed by atoms with E-state index in [0.717, 1.165) is 55.8 Å². The van der Waals surface area contributed by atoms with Crippen molar-refractivity contribution in [1.29, 1.82) is 0 Å². The predicted molar refractivity (Wildman–Crippen MR) is 126 cm³/mol. The number of Topliss-reactive ketones (excluding diaryl/α,β-unsaturated/α-hetero) is 1. The largest absolute Gasteiger partial charge is 0.334 e. The molecule has 0 unspecified atom stereocenters. The number of nitrogens with one attached hydrogen (secondary N) is 3. The zero-order valence-corrected chi connectivity index (χ0v) is 19.2. The van der Waals surface area contributed by atoms with Gasteiger partial charge in [0, 0.05) is 40.8 Å². The summed E-state index contributed by atoms with van der Waals surface area (Å²) in [6, 6.07) is 3.78. The Morgan fingerprint density at radius 1 is 1.06 bits per heavy atom. The van der Waals surface area contributed by atoms with Crippen molar-refractivity contribution >= 4 is 39.5 Å². The molecule has 31 heavy (non-hydrogen) atoms. The number of rotatable bonds is 5. The molecule has 3 aromatic heterocycles. The quantitative estimate of drug-likeness (QED) is 0.491. The van der Waals surface area contributed by atoms with Crippen LogP contribution in [0.5, 0.6) is 0 Å². The molecule has 2 amide bonds. The first-order chi connectivity index (χ1) is 15.1. The van der Waals surface area contributed by atoms with Crippen molar-refractivity contribution < 1.29 is 9.59 Å². The third-order valence-electron chi connectivity index (χ3n) is 6.03. The Morgan fingerprint density at radius 2 is 1.87 bits per heavy atom. The van der Waals surface area contributed by atoms with E-state index < -0.39 is 0 Å². The Hall–Kier alpha value is -2.42. The molecule has 0 spiro atoms. The van der Waals surface area contributed by atoms with E-state index in [4.69, 9.17) is 0 Å². The minimum absolute atomic E-state index is 0.0315. The number of aryl methyl sites for hydroxylation is 1. The van der Waals surface area contributed by atoms with Gasteiger partial charge < -0.3 is 15.2 Å². The molecule has 5 rings (SSSR count). The fourth-order valence-electron chi connectivity index (χ4n) is 4.59. The number of hydrogen-bond acceptors (Lipinski definition) is 5. The van der Waals surface area contributed by atoms with Crippen LogP contribution in [0.2, 0.25) is 0 Å². The number of urea groups is 1. The van der Waals surface area contributed by atoms with Crippen molar-refractivity contribution in [2.45, 2.75) is 52.1 Å². The Bertz CT molecular complexity index is 1130. The van der Waals surface area contributed by atoms with Crippen molar-refractivity contribution in [3.05, 3.63) is 56.5 Å². The first kappa shape index (κ1) is 20.5. The van der Waals surface area contributed by atoms with Gasteiger partial charge in [0.25, 0.3) is 0 Å². The van der Waals surface area contributed by atoms with Crippen LogP contribution in [0.3, 0.4) is 0 Å². The Morgan fingerprint density at radius 3 is 2.68 bits per heavy atom. The Labute approximate surface area is 189 Å². The van der Waals surface area contributed by atoms with Crippen LogP contribution in [0.1, 0.15) is 56.6 Å². The van der Waals surface area contributed by atoms with Gasteiger partial charge in [0.05, 0.1) is 5.56 Å².